The molecule has 7 nitrogen and oxygen atoms in total. The second-order valence-corrected chi connectivity index (χ2v) is 7.35. The summed E-state index contributed by atoms with van der Waals surface area (Å²) in [7, 11) is 1.81. The second kappa shape index (κ2) is 7.77. The number of aromatic nitrogens is 5. The Kier molecular flexibility index (Phi) is 5.03. The molecule has 4 rings (SSSR count). The summed E-state index contributed by atoms with van der Waals surface area (Å²) in [5.41, 5.74) is 4.49. The number of carbonyl (C=O) groups excluding carboxylic acids is 1. The van der Waals surface area contributed by atoms with E-state index in [1.165, 1.54) is 0 Å². The number of carbonyl (C=O) groups is 1. The molecule has 0 bridgehead atoms. The van der Waals surface area contributed by atoms with Crippen LogP contribution in [0.25, 0.3) is 21.7 Å². The maximum atomic E-state index is 12.4. The Balaban J connectivity index is 1.54. The van der Waals surface area contributed by atoms with Crippen LogP contribution in [0.3, 0.4) is 0 Å². The van der Waals surface area contributed by atoms with E-state index in [-0.39, 0.29) is 5.91 Å². The zero-order valence-electron chi connectivity index (χ0n) is 15.7. The number of rotatable bonds is 6. The van der Waals surface area contributed by atoms with Gasteiger partial charge in [0.15, 0.2) is 0 Å². The van der Waals surface area contributed by atoms with Crippen LogP contribution in [0.15, 0.2) is 54.4 Å². The van der Waals surface area contributed by atoms with Crippen molar-refractivity contribution in [3.05, 3.63) is 65.7 Å². The Morgan fingerprint density at radius 1 is 1.25 bits per heavy atom. The van der Waals surface area contributed by atoms with E-state index >= 15 is 0 Å². The number of aryl methyl sites for hydroxylation is 2. The number of thiophene rings is 1. The van der Waals surface area contributed by atoms with Crippen molar-refractivity contribution in [1.29, 1.82) is 0 Å². The Morgan fingerprint density at radius 2 is 2.07 bits per heavy atom. The van der Waals surface area contributed by atoms with Crippen LogP contribution in [0, 0.1) is 6.92 Å². The summed E-state index contributed by atoms with van der Waals surface area (Å²) in [5.74, 6) is -0.121. The van der Waals surface area contributed by atoms with Gasteiger partial charge < -0.3 is 5.32 Å². The fourth-order valence-corrected chi connectivity index (χ4v) is 3.95. The van der Waals surface area contributed by atoms with Gasteiger partial charge in [0, 0.05) is 37.7 Å². The molecule has 4 aromatic rings. The minimum atomic E-state index is -0.121. The van der Waals surface area contributed by atoms with E-state index in [1.807, 2.05) is 36.0 Å². The van der Waals surface area contributed by atoms with Crippen molar-refractivity contribution < 1.29 is 4.79 Å². The average Bonchev–Trinajstić information content (AvgIpc) is 3.42. The summed E-state index contributed by atoms with van der Waals surface area (Å²) >= 11 is 1.67. The standard InChI is InChI=1S/C20H20N6OS/c1-14-17(13-25(2)24-14)20(27)22-9-10-26-19(18-4-3-11-28-18)16(12-23-26)15-5-7-21-8-6-15/h3-8,11-13H,9-10H2,1-2H3,(H,22,27). The predicted octanol–water partition coefficient (Wildman–Crippen LogP) is 3.15. The first-order valence-corrected chi connectivity index (χ1v) is 9.80. The highest BCUT2D eigenvalue weighted by atomic mass is 32.1. The van der Waals surface area contributed by atoms with Crippen LogP contribution in [0.4, 0.5) is 0 Å². The van der Waals surface area contributed by atoms with E-state index in [2.05, 4.69) is 31.9 Å². The minimum Gasteiger partial charge on any atom is -0.350 e. The molecule has 28 heavy (non-hydrogen) atoms. The molecule has 0 unspecified atom stereocenters. The molecular formula is C20H20N6OS. The van der Waals surface area contributed by atoms with Crippen molar-refractivity contribution in [2.24, 2.45) is 7.05 Å². The van der Waals surface area contributed by atoms with Crippen molar-refractivity contribution in [2.45, 2.75) is 13.5 Å². The summed E-state index contributed by atoms with van der Waals surface area (Å²) in [6, 6.07) is 8.07. The molecule has 1 amide bonds. The maximum absolute atomic E-state index is 12.4. The molecule has 1 N–H and O–H groups in total. The molecule has 0 aliphatic carbocycles. The molecule has 4 aromatic heterocycles. The van der Waals surface area contributed by atoms with E-state index in [0.29, 0.717) is 18.7 Å². The zero-order valence-corrected chi connectivity index (χ0v) is 16.5. The number of nitrogens with one attached hydrogen (secondary N) is 1. The van der Waals surface area contributed by atoms with Crippen molar-refractivity contribution in [2.75, 3.05) is 6.54 Å². The van der Waals surface area contributed by atoms with E-state index in [4.69, 9.17) is 0 Å². The predicted molar refractivity (Wildman–Crippen MR) is 109 cm³/mol. The molecule has 0 fully saturated rings. The Hall–Kier alpha value is -3.26. The van der Waals surface area contributed by atoms with Gasteiger partial charge in [-0.3, -0.25) is 19.1 Å². The van der Waals surface area contributed by atoms with Gasteiger partial charge in [0.2, 0.25) is 0 Å². The second-order valence-electron chi connectivity index (χ2n) is 6.40. The molecule has 8 heteroatoms. The van der Waals surface area contributed by atoms with Gasteiger partial charge in [0.05, 0.1) is 34.6 Å². The fourth-order valence-electron chi connectivity index (χ4n) is 3.16. The van der Waals surface area contributed by atoms with E-state index in [1.54, 1.807) is 41.7 Å². The van der Waals surface area contributed by atoms with Crippen molar-refractivity contribution in [1.82, 2.24) is 29.9 Å². The summed E-state index contributed by atoms with van der Waals surface area (Å²) in [4.78, 5) is 17.6. The highest BCUT2D eigenvalue weighted by molar-refractivity contribution is 7.13. The third kappa shape index (κ3) is 3.59. The molecule has 0 atom stereocenters. The van der Waals surface area contributed by atoms with E-state index in [0.717, 1.165) is 27.4 Å². The number of hydrogen-bond donors (Lipinski definition) is 1. The van der Waals surface area contributed by atoms with Gasteiger partial charge in [-0.25, -0.2) is 0 Å². The van der Waals surface area contributed by atoms with Crippen LogP contribution >= 0.6 is 11.3 Å². The lowest BCUT2D eigenvalue weighted by Gasteiger charge is -2.09. The van der Waals surface area contributed by atoms with Crippen molar-refractivity contribution >= 4 is 17.2 Å². The first kappa shape index (κ1) is 18.1. The molecule has 142 valence electrons. The zero-order chi connectivity index (χ0) is 19.5. The van der Waals surface area contributed by atoms with Crippen LogP contribution in [-0.4, -0.2) is 37.0 Å². The Bertz CT molecular complexity index is 1080. The number of hydrogen-bond acceptors (Lipinski definition) is 5. The summed E-state index contributed by atoms with van der Waals surface area (Å²) in [6.45, 7) is 2.88. The van der Waals surface area contributed by atoms with Gasteiger partial charge in [-0.1, -0.05) is 6.07 Å². The topological polar surface area (TPSA) is 77.6 Å². The van der Waals surface area contributed by atoms with Crippen molar-refractivity contribution in [3.63, 3.8) is 0 Å². The third-order valence-electron chi connectivity index (χ3n) is 4.45. The molecule has 0 aliphatic rings. The van der Waals surface area contributed by atoms with Gasteiger partial charge in [-0.2, -0.15) is 10.2 Å². The van der Waals surface area contributed by atoms with Crippen LogP contribution in [0.2, 0.25) is 0 Å². The van der Waals surface area contributed by atoms with Gasteiger partial charge in [0.25, 0.3) is 5.91 Å². The Labute approximate surface area is 166 Å². The normalized spacial score (nSPS) is 10.9. The molecule has 0 saturated heterocycles. The highest BCUT2D eigenvalue weighted by Gasteiger charge is 2.16. The first-order valence-electron chi connectivity index (χ1n) is 8.92. The lowest BCUT2D eigenvalue weighted by atomic mass is 10.1. The monoisotopic (exact) mass is 392 g/mol. The summed E-state index contributed by atoms with van der Waals surface area (Å²) in [6.07, 6.45) is 7.16. The largest absolute Gasteiger partial charge is 0.350 e. The van der Waals surface area contributed by atoms with Crippen LogP contribution in [0.1, 0.15) is 16.1 Å². The smallest absolute Gasteiger partial charge is 0.254 e. The first-order chi connectivity index (χ1) is 13.6. The van der Waals surface area contributed by atoms with Crippen LogP contribution in [0.5, 0.6) is 0 Å². The van der Waals surface area contributed by atoms with Gasteiger partial charge in [-0.05, 0) is 36.1 Å². The van der Waals surface area contributed by atoms with Crippen molar-refractivity contribution in [3.8, 4) is 21.7 Å². The van der Waals surface area contributed by atoms with Gasteiger partial charge in [-0.15, -0.1) is 11.3 Å². The van der Waals surface area contributed by atoms with E-state index in [9.17, 15) is 4.79 Å². The molecule has 0 aliphatic heterocycles. The van der Waals surface area contributed by atoms with Crippen LogP contribution < -0.4 is 5.32 Å². The number of pyridine rings is 1. The quantitative estimate of drug-likeness (QED) is 0.547. The minimum absolute atomic E-state index is 0.121. The average molecular weight is 392 g/mol. The summed E-state index contributed by atoms with van der Waals surface area (Å²) < 4.78 is 3.59. The van der Waals surface area contributed by atoms with Gasteiger partial charge >= 0.3 is 0 Å². The molecule has 4 heterocycles. The number of nitrogens with zero attached hydrogens (tertiary/aromatic N) is 5. The lowest BCUT2D eigenvalue weighted by molar-refractivity contribution is 0.0951. The lowest BCUT2D eigenvalue weighted by Crippen LogP contribution is -2.28. The molecule has 0 spiro atoms. The van der Waals surface area contributed by atoms with Gasteiger partial charge in [0.1, 0.15) is 0 Å². The maximum Gasteiger partial charge on any atom is 0.254 e. The molecular weight excluding hydrogens is 372 g/mol. The fraction of sp³-hybridized carbons (Fsp3) is 0.200. The number of amides is 1. The van der Waals surface area contributed by atoms with E-state index < -0.39 is 0 Å². The molecule has 0 aromatic carbocycles. The summed E-state index contributed by atoms with van der Waals surface area (Å²) in [5, 5.41) is 13.8. The Morgan fingerprint density at radius 3 is 2.75 bits per heavy atom. The molecule has 0 saturated carbocycles. The van der Waals surface area contributed by atoms with Crippen LogP contribution in [-0.2, 0) is 13.6 Å². The molecule has 0 radical (unpaired) electrons. The third-order valence-corrected chi connectivity index (χ3v) is 5.33. The SMILES string of the molecule is Cc1nn(C)cc1C(=O)NCCn1ncc(-c2ccncc2)c1-c1cccs1. The highest BCUT2D eigenvalue weighted by Crippen LogP contribution is 2.34.